The molecule has 1 atom stereocenters. The normalized spacial score (nSPS) is 14.7. The number of thiazole rings is 1. The van der Waals surface area contributed by atoms with Gasteiger partial charge in [0.05, 0.1) is 45.1 Å². The lowest BCUT2D eigenvalue weighted by Crippen LogP contribution is -2.41. The van der Waals surface area contributed by atoms with Crippen molar-refractivity contribution in [1.29, 1.82) is 5.26 Å². The van der Waals surface area contributed by atoms with Gasteiger partial charge in [-0.15, -0.1) is 0 Å². The van der Waals surface area contributed by atoms with Crippen LogP contribution in [-0.2, 0) is 16.1 Å². The largest absolute Gasteiger partial charge is 0.493 e. The summed E-state index contributed by atoms with van der Waals surface area (Å²) in [5, 5.41) is 9.33. The molecule has 0 bridgehead atoms. The third kappa shape index (κ3) is 6.84. The molecule has 236 valence electrons. The fraction of sp³-hybridized carbons (Fsp3) is 0.188. The van der Waals surface area contributed by atoms with Crippen molar-refractivity contribution in [3.63, 3.8) is 0 Å². The number of aromatic nitrogens is 1. The van der Waals surface area contributed by atoms with Gasteiger partial charge in [0, 0.05) is 5.02 Å². The summed E-state index contributed by atoms with van der Waals surface area (Å²) in [4.78, 5) is 30.4. The number of allylic oxidation sites excluding steroid dienone is 1. The molecule has 0 saturated heterocycles. The predicted octanol–water partition coefficient (Wildman–Crippen LogP) is 6.06. The molecule has 0 radical (unpaired) electrons. The minimum atomic E-state index is -5.01. The predicted molar refractivity (Wildman–Crippen MR) is 173 cm³/mol. The van der Waals surface area contributed by atoms with Crippen molar-refractivity contribution in [2.75, 3.05) is 13.7 Å². The van der Waals surface area contributed by atoms with E-state index in [4.69, 9.17) is 31.1 Å². The van der Waals surface area contributed by atoms with E-state index < -0.39 is 35.0 Å². The van der Waals surface area contributed by atoms with Gasteiger partial charge in [-0.1, -0.05) is 47.2 Å². The standard InChI is InChI=1S/C32H22ClF3IN3O5S/c1-3-44-30(42)25-26(20-8-10-21(33)11-9-20)40-29(41)24(46-31(40)39-28(25)32(34,35)36)14-19-12-22(37)27(23(13-19)43-2)45-16-18-6-4-17(15-38)5-7-18/h4-14,26H,3,16H2,1-2H3/b24-14-/t26-/m0/s1. The van der Waals surface area contributed by atoms with Gasteiger partial charge in [-0.05, 0) is 88.7 Å². The van der Waals surface area contributed by atoms with Gasteiger partial charge >= 0.3 is 12.1 Å². The van der Waals surface area contributed by atoms with Crippen molar-refractivity contribution < 1.29 is 32.2 Å². The van der Waals surface area contributed by atoms with Crippen LogP contribution in [-0.4, -0.2) is 30.4 Å². The number of ether oxygens (including phenoxy) is 3. The van der Waals surface area contributed by atoms with Gasteiger partial charge in [-0.3, -0.25) is 9.36 Å². The van der Waals surface area contributed by atoms with Crippen molar-refractivity contribution in [2.24, 2.45) is 4.99 Å². The summed E-state index contributed by atoms with van der Waals surface area (Å²) in [6, 6.07) is 16.7. The first-order valence-electron chi connectivity index (χ1n) is 13.5. The minimum Gasteiger partial charge on any atom is -0.493 e. The van der Waals surface area contributed by atoms with E-state index in [0.717, 1.165) is 21.5 Å². The second-order valence-corrected chi connectivity index (χ2v) is 12.4. The molecule has 5 rings (SSSR count). The molecule has 46 heavy (non-hydrogen) atoms. The average Bonchev–Trinajstić information content (AvgIpc) is 3.34. The van der Waals surface area contributed by atoms with Gasteiger partial charge in [-0.25, -0.2) is 9.79 Å². The van der Waals surface area contributed by atoms with Gasteiger partial charge in [0.1, 0.15) is 6.61 Å². The Hall–Kier alpha value is -4.13. The molecule has 0 saturated carbocycles. The first kappa shape index (κ1) is 33.2. The van der Waals surface area contributed by atoms with E-state index in [1.165, 1.54) is 44.4 Å². The maximum atomic E-state index is 14.4. The lowest BCUT2D eigenvalue weighted by molar-refractivity contribution is -0.140. The smallest absolute Gasteiger partial charge is 0.434 e. The zero-order valence-electron chi connectivity index (χ0n) is 24.0. The molecule has 3 aromatic carbocycles. The second-order valence-electron chi connectivity index (χ2n) is 9.75. The Morgan fingerprint density at radius 3 is 2.48 bits per heavy atom. The van der Waals surface area contributed by atoms with E-state index in [0.29, 0.717) is 31.2 Å². The van der Waals surface area contributed by atoms with E-state index in [9.17, 15) is 22.8 Å². The van der Waals surface area contributed by atoms with Crippen molar-refractivity contribution in [3.8, 4) is 17.6 Å². The van der Waals surface area contributed by atoms with Crippen LogP contribution < -0.4 is 24.4 Å². The summed E-state index contributed by atoms with van der Waals surface area (Å²) in [6.45, 7) is 1.49. The molecule has 1 aliphatic rings. The number of benzene rings is 3. The highest BCUT2D eigenvalue weighted by atomic mass is 127. The molecule has 0 N–H and O–H groups in total. The van der Waals surface area contributed by atoms with Crippen LogP contribution in [0.3, 0.4) is 0 Å². The third-order valence-corrected chi connectivity index (χ3v) is 8.83. The van der Waals surface area contributed by atoms with E-state index in [2.05, 4.69) is 33.7 Å². The lowest BCUT2D eigenvalue weighted by Gasteiger charge is -2.26. The van der Waals surface area contributed by atoms with Gasteiger partial charge in [0.2, 0.25) is 0 Å². The van der Waals surface area contributed by atoms with Crippen LogP contribution in [0.25, 0.3) is 6.08 Å². The summed E-state index contributed by atoms with van der Waals surface area (Å²) in [5.41, 5.74) is -0.789. The van der Waals surface area contributed by atoms with E-state index in [1.807, 2.05) is 0 Å². The molecule has 0 spiro atoms. The van der Waals surface area contributed by atoms with Crippen molar-refractivity contribution in [2.45, 2.75) is 25.7 Å². The van der Waals surface area contributed by atoms with Crippen molar-refractivity contribution in [1.82, 2.24) is 4.57 Å². The highest BCUT2D eigenvalue weighted by Gasteiger charge is 2.45. The first-order valence-corrected chi connectivity index (χ1v) is 15.8. The van der Waals surface area contributed by atoms with Crippen LogP contribution in [0.4, 0.5) is 13.2 Å². The molecule has 0 unspecified atom stereocenters. The maximum absolute atomic E-state index is 14.4. The molecular weight excluding hydrogens is 758 g/mol. The minimum absolute atomic E-state index is 0.0773. The van der Waals surface area contributed by atoms with Gasteiger partial charge in [0.25, 0.3) is 5.56 Å². The number of rotatable bonds is 8. The molecule has 0 fully saturated rings. The van der Waals surface area contributed by atoms with Crippen molar-refractivity contribution in [3.05, 3.63) is 122 Å². The summed E-state index contributed by atoms with van der Waals surface area (Å²) >= 11 is 8.85. The van der Waals surface area contributed by atoms with Crippen LogP contribution in [0.15, 0.2) is 81.7 Å². The Labute approximate surface area is 282 Å². The molecule has 0 amide bonds. The molecular formula is C32H22ClF3IN3O5S. The number of halogens is 5. The SMILES string of the molecule is CCOC(=O)C1=C(C(F)(F)F)N=c2s/c(=C\c3cc(I)c(OCc4ccc(C#N)cc4)c(OC)c3)c(=O)n2[C@H]1c1ccc(Cl)cc1. The number of fused-ring (bicyclic) bond motifs is 1. The Kier molecular flexibility index (Phi) is 9.90. The number of esters is 1. The topological polar surface area (TPSA) is 103 Å². The number of carbonyl (C=O) groups is 1. The number of nitrogens with zero attached hydrogens (tertiary/aromatic N) is 3. The summed E-state index contributed by atoms with van der Waals surface area (Å²) in [6.07, 6.45) is -3.50. The fourth-order valence-electron chi connectivity index (χ4n) is 4.75. The average molecular weight is 780 g/mol. The number of hydrogen-bond donors (Lipinski definition) is 0. The molecule has 14 heteroatoms. The van der Waals surface area contributed by atoms with Crippen LogP contribution in [0.2, 0.25) is 5.02 Å². The second kappa shape index (κ2) is 13.7. The number of hydrogen-bond acceptors (Lipinski definition) is 8. The zero-order valence-corrected chi connectivity index (χ0v) is 27.8. The molecule has 8 nitrogen and oxygen atoms in total. The van der Waals surface area contributed by atoms with E-state index in [-0.39, 0.29) is 28.1 Å². The zero-order chi connectivity index (χ0) is 33.2. The van der Waals surface area contributed by atoms with Crippen molar-refractivity contribution >= 4 is 57.6 Å². The third-order valence-electron chi connectivity index (χ3n) is 6.80. The van der Waals surface area contributed by atoms with Gasteiger partial charge in [-0.2, -0.15) is 18.4 Å². The molecule has 1 aromatic heterocycles. The van der Waals surface area contributed by atoms with E-state index in [1.54, 1.807) is 36.4 Å². The number of carbonyl (C=O) groups excluding carboxylic acids is 1. The fourth-order valence-corrected chi connectivity index (χ4v) is 6.65. The number of methoxy groups -OCH3 is 1. The highest BCUT2D eigenvalue weighted by Crippen LogP contribution is 2.39. The van der Waals surface area contributed by atoms with Gasteiger partial charge in [0.15, 0.2) is 22.0 Å². The highest BCUT2D eigenvalue weighted by molar-refractivity contribution is 14.1. The Bertz CT molecular complexity index is 2070. The number of nitriles is 1. The van der Waals surface area contributed by atoms with Gasteiger partial charge < -0.3 is 14.2 Å². The monoisotopic (exact) mass is 779 g/mol. The maximum Gasteiger partial charge on any atom is 0.434 e. The molecule has 4 aromatic rings. The van der Waals surface area contributed by atoms with E-state index >= 15 is 0 Å². The molecule has 0 aliphatic carbocycles. The Morgan fingerprint density at radius 2 is 1.87 bits per heavy atom. The first-order chi connectivity index (χ1) is 21.9. The van der Waals surface area contributed by atoms with Crippen LogP contribution in [0, 0.1) is 14.9 Å². The lowest BCUT2D eigenvalue weighted by atomic mass is 9.95. The Balaban J connectivity index is 1.62. The summed E-state index contributed by atoms with van der Waals surface area (Å²) < 4.78 is 61.4. The molecule has 2 heterocycles. The Morgan fingerprint density at radius 1 is 1.17 bits per heavy atom. The summed E-state index contributed by atoms with van der Waals surface area (Å²) in [7, 11) is 1.46. The van der Waals surface area contributed by atoms with Crippen LogP contribution in [0.1, 0.15) is 35.2 Å². The number of alkyl halides is 3. The molecule has 1 aliphatic heterocycles. The van der Waals surface area contributed by atoms with Crippen LogP contribution in [0.5, 0.6) is 11.5 Å². The van der Waals surface area contributed by atoms with Crippen LogP contribution >= 0.6 is 45.5 Å². The summed E-state index contributed by atoms with van der Waals surface area (Å²) in [5.74, 6) is -0.422. The quantitative estimate of drug-likeness (QED) is 0.159.